The second-order valence-corrected chi connectivity index (χ2v) is 10.9. The molecule has 1 N–H and O–H groups in total. The number of esters is 1. The number of hydrogen-bond acceptors (Lipinski definition) is 7. The van der Waals surface area contributed by atoms with E-state index >= 15 is 0 Å². The fourth-order valence-electron chi connectivity index (χ4n) is 2.99. The molecule has 0 saturated heterocycles. The SMILES string of the molecule is CCCCCC/C=C\CCCCCCCC(=O)O[C@H](CO)COP(=O)([O-])OCC[N+](C)(C)C. The van der Waals surface area contributed by atoms with Crippen LogP contribution >= 0.6 is 7.82 Å². The van der Waals surface area contributed by atoms with Gasteiger partial charge >= 0.3 is 5.97 Å². The summed E-state index contributed by atoms with van der Waals surface area (Å²) >= 11 is 0. The van der Waals surface area contributed by atoms with Gasteiger partial charge in [-0.15, -0.1) is 0 Å². The molecule has 0 aromatic rings. The van der Waals surface area contributed by atoms with Crippen LogP contribution in [0, 0.1) is 0 Å². The molecule has 0 aliphatic heterocycles. The normalized spacial score (nSPS) is 15.0. The molecule has 0 radical (unpaired) electrons. The lowest BCUT2D eigenvalue weighted by Gasteiger charge is -2.28. The Kier molecular flexibility index (Phi) is 19.1. The fraction of sp³-hybridized carbons (Fsp3) is 0.875. The first-order valence-corrected chi connectivity index (χ1v) is 13.9. The Morgan fingerprint density at radius 3 is 2.12 bits per heavy atom. The summed E-state index contributed by atoms with van der Waals surface area (Å²) in [7, 11) is 1.23. The third kappa shape index (κ3) is 22.8. The molecule has 0 bridgehead atoms. The van der Waals surface area contributed by atoms with Crippen molar-refractivity contribution in [3.63, 3.8) is 0 Å². The number of likely N-dealkylation sites (N-methyl/N-ethyl adjacent to an activating group) is 1. The molecule has 0 aromatic carbocycles. The number of phosphoric ester groups is 1. The largest absolute Gasteiger partial charge is 0.756 e. The lowest BCUT2D eigenvalue weighted by atomic mass is 10.1. The number of nitrogens with zero attached hydrogens (tertiary/aromatic N) is 1. The summed E-state index contributed by atoms with van der Waals surface area (Å²) in [6.07, 6.45) is 16.3. The lowest BCUT2D eigenvalue weighted by molar-refractivity contribution is -0.870. The number of rotatable bonds is 22. The van der Waals surface area contributed by atoms with Crippen molar-refractivity contribution >= 4 is 13.8 Å². The lowest BCUT2D eigenvalue weighted by Crippen LogP contribution is -2.37. The van der Waals surface area contributed by atoms with Crippen LogP contribution in [-0.2, 0) is 23.1 Å². The molecule has 196 valence electrons. The summed E-state index contributed by atoms with van der Waals surface area (Å²) in [5.74, 6) is -0.463. The maximum absolute atomic E-state index is 11.9. The number of aliphatic hydroxyl groups excluding tert-OH is 1. The fourth-order valence-corrected chi connectivity index (χ4v) is 3.72. The highest BCUT2D eigenvalue weighted by Gasteiger charge is 2.19. The van der Waals surface area contributed by atoms with Gasteiger partial charge in [-0.1, -0.05) is 57.6 Å². The minimum absolute atomic E-state index is 0.0107. The van der Waals surface area contributed by atoms with Gasteiger partial charge in [0.25, 0.3) is 7.82 Å². The number of carbonyl (C=O) groups is 1. The van der Waals surface area contributed by atoms with Gasteiger partial charge in [0, 0.05) is 6.42 Å². The molecular weight excluding hydrogens is 445 g/mol. The van der Waals surface area contributed by atoms with Crippen LogP contribution < -0.4 is 4.89 Å². The highest BCUT2D eigenvalue weighted by Crippen LogP contribution is 2.38. The summed E-state index contributed by atoms with van der Waals surface area (Å²) in [5, 5.41) is 9.34. The molecule has 8 nitrogen and oxygen atoms in total. The Morgan fingerprint density at radius 1 is 0.970 bits per heavy atom. The van der Waals surface area contributed by atoms with Gasteiger partial charge in [-0.3, -0.25) is 9.36 Å². The molecule has 0 spiro atoms. The van der Waals surface area contributed by atoms with E-state index in [9.17, 15) is 19.4 Å². The number of carbonyl (C=O) groups excluding carboxylic acids is 1. The van der Waals surface area contributed by atoms with E-state index in [-0.39, 0.29) is 13.0 Å². The third-order valence-corrected chi connectivity index (χ3v) is 6.04. The molecular formula is C24H48NO7P. The molecule has 0 aromatic heterocycles. The van der Waals surface area contributed by atoms with Crippen LogP contribution in [0.25, 0.3) is 0 Å². The zero-order valence-corrected chi connectivity index (χ0v) is 22.2. The van der Waals surface area contributed by atoms with Crippen LogP contribution in [0.2, 0.25) is 0 Å². The predicted molar refractivity (Wildman–Crippen MR) is 130 cm³/mol. The second-order valence-electron chi connectivity index (χ2n) is 9.51. The van der Waals surface area contributed by atoms with Crippen LogP contribution in [0.1, 0.15) is 84.0 Å². The Hall–Kier alpha value is -0.760. The van der Waals surface area contributed by atoms with Crippen LogP contribution in [0.15, 0.2) is 12.2 Å². The average Bonchev–Trinajstić information content (AvgIpc) is 2.73. The quantitative estimate of drug-likeness (QED) is 0.0785. The van der Waals surface area contributed by atoms with Gasteiger partial charge in [0.05, 0.1) is 34.4 Å². The molecule has 0 rings (SSSR count). The Morgan fingerprint density at radius 2 is 1.55 bits per heavy atom. The van der Waals surface area contributed by atoms with Crippen molar-refractivity contribution in [1.82, 2.24) is 0 Å². The van der Waals surface area contributed by atoms with Crippen molar-refractivity contribution in [3.05, 3.63) is 12.2 Å². The zero-order valence-electron chi connectivity index (χ0n) is 21.3. The van der Waals surface area contributed by atoms with E-state index in [1.807, 2.05) is 21.1 Å². The summed E-state index contributed by atoms with van der Waals surface area (Å²) in [4.78, 5) is 23.7. The average molecular weight is 494 g/mol. The summed E-state index contributed by atoms with van der Waals surface area (Å²) in [6.45, 7) is 1.73. The maximum Gasteiger partial charge on any atom is 0.306 e. The highest BCUT2D eigenvalue weighted by atomic mass is 31.2. The maximum atomic E-state index is 11.9. The molecule has 0 fully saturated rings. The van der Waals surface area contributed by atoms with E-state index in [1.54, 1.807) is 0 Å². The molecule has 33 heavy (non-hydrogen) atoms. The van der Waals surface area contributed by atoms with Gasteiger partial charge in [0.15, 0.2) is 0 Å². The van der Waals surface area contributed by atoms with E-state index in [1.165, 1.54) is 32.1 Å². The van der Waals surface area contributed by atoms with Crippen molar-refractivity contribution in [2.75, 3.05) is 47.5 Å². The smallest absolute Gasteiger partial charge is 0.306 e. The summed E-state index contributed by atoms with van der Waals surface area (Å²) < 4.78 is 27.0. The van der Waals surface area contributed by atoms with Gasteiger partial charge in [0.2, 0.25) is 0 Å². The van der Waals surface area contributed by atoms with Crippen LogP contribution in [0.3, 0.4) is 0 Å². The number of unbranched alkanes of at least 4 members (excludes halogenated alkanes) is 9. The van der Waals surface area contributed by atoms with Crippen molar-refractivity contribution in [2.45, 2.75) is 90.1 Å². The summed E-state index contributed by atoms with van der Waals surface area (Å²) in [5.41, 5.74) is 0. The van der Waals surface area contributed by atoms with Crippen molar-refractivity contribution in [1.29, 1.82) is 0 Å². The predicted octanol–water partition coefficient (Wildman–Crippen LogP) is 4.36. The standard InChI is InChI=1S/C24H48NO7P/c1-5-6-7-8-9-10-11-12-13-14-15-16-17-18-24(27)32-23(21-26)22-31-33(28,29)30-20-19-25(2,3)4/h10-11,23,26H,5-9,12-22H2,1-4H3/b11-10-/t23-/m1/s1. The first-order valence-electron chi connectivity index (χ1n) is 12.5. The number of ether oxygens (including phenoxy) is 1. The summed E-state index contributed by atoms with van der Waals surface area (Å²) in [6, 6.07) is 0. The monoisotopic (exact) mass is 493 g/mol. The molecule has 9 heteroatoms. The molecule has 2 atom stereocenters. The Balaban J connectivity index is 3.81. The van der Waals surface area contributed by atoms with Crippen LogP contribution in [-0.4, -0.2) is 69.2 Å². The number of hydrogen-bond donors (Lipinski definition) is 1. The molecule has 0 aliphatic rings. The topological polar surface area (TPSA) is 105 Å². The number of phosphoric acid groups is 1. The number of quaternary nitrogens is 1. The molecule has 0 heterocycles. The van der Waals surface area contributed by atoms with E-state index in [0.29, 0.717) is 17.4 Å². The van der Waals surface area contributed by atoms with Gasteiger partial charge in [-0.25, -0.2) is 0 Å². The minimum Gasteiger partial charge on any atom is -0.756 e. The van der Waals surface area contributed by atoms with E-state index in [2.05, 4.69) is 19.1 Å². The molecule has 0 amide bonds. The molecule has 0 saturated carbocycles. The first kappa shape index (κ1) is 32.2. The van der Waals surface area contributed by atoms with Gasteiger partial charge in [0.1, 0.15) is 19.3 Å². The van der Waals surface area contributed by atoms with Gasteiger partial charge in [-0.05, 0) is 32.1 Å². The van der Waals surface area contributed by atoms with Crippen molar-refractivity contribution in [2.24, 2.45) is 0 Å². The molecule has 1 unspecified atom stereocenters. The third-order valence-electron chi connectivity index (χ3n) is 5.07. The van der Waals surface area contributed by atoms with Gasteiger partial charge in [-0.2, -0.15) is 0 Å². The van der Waals surface area contributed by atoms with E-state index < -0.39 is 33.1 Å². The van der Waals surface area contributed by atoms with Crippen LogP contribution in [0.5, 0.6) is 0 Å². The van der Waals surface area contributed by atoms with Gasteiger partial charge < -0.3 is 28.3 Å². The second kappa shape index (κ2) is 19.5. The minimum atomic E-state index is -4.51. The van der Waals surface area contributed by atoms with E-state index in [0.717, 1.165) is 32.1 Å². The highest BCUT2D eigenvalue weighted by molar-refractivity contribution is 7.45. The van der Waals surface area contributed by atoms with Crippen molar-refractivity contribution in [3.8, 4) is 0 Å². The number of aliphatic hydroxyl groups is 1. The number of allylic oxidation sites excluding steroid dienone is 2. The first-order chi connectivity index (χ1) is 15.6. The van der Waals surface area contributed by atoms with Crippen LogP contribution in [0.4, 0.5) is 0 Å². The van der Waals surface area contributed by atoms with E-state index in [4.69, 9.17) is 13.8 Å². The Bertz CT molecular complexity index is 564. The Labute approximate surface area is 201 Å². The van der Waals surface area contributed by atoms with Crippen molar-refractivity contribution < 1.29 is 37.6 Å². The molecule has 0 aliphatic carbocycles. The zero-order chi connectivity index (χ0) is 25.0.